The zero-order chi connectivity index (χ0) is 28.7. The number of carbonyl (C=O) groups excluding carboxylic acids is 3. The third kappa shape index (κ3) is 10.2. The van der Waals surface area contributed by atoms with Gasteiger partial charge in [-0.25, -0.2) is 4.79 Å². The van der Waals surface area contributed by atoms with Crippen LogP contribution in [0.4, 0.5) is 4.79 Å². The van der Waals surface area contributed by atoms with Gasteiger partial charge in [0.2, 0.25) is 11.8 Å². The fourth-order valence-corrected chi connectivity index (χ4v) is 4.16. The van der Waals surface area contributed by atoms with E-state index in [-0.39, 0.29) is 37.4 Å². The van der Waals surface area contributed by atoms with Crippen molar-refractivity contribution in [2.45, 2.75) is 44.7 Å². The minimum Gasteiger partial charge on any atom is -0.481 e. The third-order valence-electron chi connectivity index (χ3n) is 6.34. The molecule has 0 radical (unpaired) electrons. The zero-order valence-corrected chi connectivity index (χ0v) is 22.6. The molecule has 9 heteroatoms. The van der Waals surface area contributed by atoms with E-state index in [9.17, 15) is 24.3 Å². The SMILES string of the molecule is CC(NC(=O)NCCCCC(=O)NCC(=O)NC(CC(=O)O)c1ccc(-c2ccccc2)cc1)c1ccccc1. The molecule has 0 aliphatic heterocycles. The topological polar surface area (TPSA) is 137 Å². The number of urea groups is 1. The van der Waals surface area contributed by atoms with Gasteiger partial charge >= 0.3 is 12.0 Å². The third-order valence-corrected chi connectivity index (χ3v) is 6.34. The maximum atomic E-state index is 12.5. The molecule has 0 spiro atoms. The van der Waals surface area contributed by atoms with Gasteiger partial charge in [-0.3, -0.25) is 14.4 Å². The Hall–Kier alpha value is -4.66. The first-order valence-electron chi connectivity index (χ1n) is 13.3. The normalized spacial score (nSPS) is 12.0. The molecular formula is C31H36N4O5. The fourth-order valence-electron chi connectivity index (χ4n) is 4.16. The predicted octanol–water partition coefficient (Wildman–Crippen LogP) is 4.33. The maximum Gasteiger partial charge on any atom is 0.315 e. The van der Waals surface area contributed by atoms with E-state index in [2.05, 4.69) is 21.3 Å². The van der Waals surface area contributed by atoms with Crippen LogP contribution in [-0.4, -0.2) is 42.0 Å². The number of hydrogen-bond donors (Lipinski definition) is 5. The molecule has 0 heterocycles. The van der Waals surface area contributed by atoms with Crippen LogP contribution in [0, 0.1) is 0 Å². The van der Waals surface area contributed by atoms with Crippen LogP contribution in [0.1, 0.15) is 55.8 Å². The molecule has 3 aromatic rings. The summed E-state index contributed by atoms with van der Waals surface area (Å²) in [4.78, 5) is 48.1. The van der Waals surface area contributed by atoms with Crippen LogP contribution in [0.3, 0.4) is 0 Å². The molecule has 3 rings (SSSR count). The average molecular weight is 545 g/mol. The lowest BCUT2D eigenvalue weighted by atomic mass is 9.99. The summed E-state index contributed by atoms with van der Waals surface area (Å²) in [5.41, 5.74) is 3.69. The Kier molecular flexibility index (Phi) is 11.7. The molecule has 3 aromatic carbocycles. The Morgan fingerprint density at radius 3 is 1.98 bits per heavy atom. The summed E-state index contributed by atoms with van der Waals surface area (Å²) < 4.78 is 0. The lowest BCUT2D eigenvalue weighted by Crippen LogP contribution is -2.39. The van der Waals surface area contributed by atoms with Gasteiger partial charge in [-0.1, -0.05) is 84.9 Å². The van der Waals surface area contributed by atoms with E-state index >= 15 is 0 Å². The minimum atomic E-state index is -1.04. The number of amides is 4. The molecule has 5 N–H and O–H groups in total. The lowest BCUT2D eigenvalue weighted by molar-refractivity contribution is -0.138. The number of carbonyl (C=O) groups is 4. The van der Waals surface area contributed by atoms with Gasteiger partial charge in [0.05, 0.1) is 25.0 Å². The van der Waals surface area contributed by atoms with Crippen molar-refractivity contribution in [2.75, 3.05) is 13.1 Å². The van der Waals surface area contributed by atoms with Crippen LogP contribution in [0.15, 0.2) is 84.9 Å². The van der Waals surface area contributed by atoms with Crippen LogP contribution < -0.4 is 21.3 Å². The van der Waals surface area contributed by atoms with Gasteiger partial charge < -0.3 is 26.4 Å². The Balaban J connectivity index is 1.35. The molecule has 2 unspecified atom stereocenters. The van der Waals surface area contributed by atoms with Gasteiger partial charge in [-0.2, -0.15) is 0 Å². The summed E-state index contributed by atoms with van der Waals surface area (Å²) in [5.74, 6) is -1.81. The predicted molar refractivity (Wildman–Crippen MR) is 153 cm³/mol. The van der Waals surface area contributed by atoms with Crippen molar-refractivity contribution < 1.29 is 24.3 Å². The molecule has 0 aromatic heterocycles. The van der Waals surface area contributed by atoms with Crippen molar-refractivity contribution in [2.24, 2.45) is 0 Å². The fraction of sp³-hybridized carbons (Fsp3) is 0.290. The van der Waals surface area contributed by atoms with E-state index < -0.39 is 17.9 Å². The highest BCUT2D eigenvalue weighted by Gasteiger charge is 2.19. The Bertz CT molecular complexity index is 1250. The molecule has 0 aliphatic carbocycles. The highest BCUT2D eigenvalue weighted by atomic mass is 16.4. The van der Waals surface area contributed by atoms with Gasteiger partial charge in [-0.15, -0.1) is 0 Å². The van der Waals surface area contributed by atoms with E-state index in [1.54, 1.807) is 12.1 Å². The lowest BCUT2D eigenvalue weighted by Gasteiger charge is -2.18. The van der Waals surface area contributed by atoms with Crippen molar-refractivity contribution in [3.8, 4) is 11.1 Å². The summed E-state index contributed by atoms with van der Waals surface area (Å²) in [6.45, 7) is 2.07. The second-order valence-corrected chi connectivity index (χ2v) is 9.47. The standard InChI is InChI=1S/C31H36N4O5/c1-22(23-10-4-2-5-11-23)34-31(40)32-19-9-8-14-28(36)33-21-29(37)35-27(20-30(38)39)26-17-15-25(16-18-26)24-12-6-3-7-13-24/h2-7,10-13,15-18,22,27H,8-9,14,19-21H2,1H3,(H,33,36)(H,35,37)(H,38,39)(H2,32,34,40). The van der Waals surface area contributed by atoms with Crippen LogP contribution in [0.2, 0.25) is 0 Å². The second-order valence-electron chi connectivity index (χ2n) is 9.47. The van der Waals surface area contributed by atoms with E-state index in [4.69, 9.17) is 0 Å². The van der Waals surface area contributed by atoms with Crippen LogP contribution in [-0.2, 0) is 14.4 Å². The molecule has 210 valence electrons. The largest absolute Gasteiger partial charge is 0.481 e. The van der Waals surface area contributed by atoms with Gasteiger partial charge in [0.15, 0.2) is 0 Å². The number of carboxylic acid groups (broad SMARTS) is 1. The van der Waals surface area contributed by atoms with Crippen LogP contribution in [0.25, 0.3) is 11.1 Å². The Morgan fingerprint density at radius 1 is 0.700 bits per heavy atom. The summed E-state index contributed by atoms with van der Waals surface area (Å²) in [7, 11) is 0. The first-order valence-corrected chi connectivity index (χ1v) is 13.3. The smallest absolute Gasteiger partial charge is 0.315 e. The quantitative estimate of drug-likeness (QED) is 0.192. The summed E-state index contributed by atoms with van der Waals surface area (Å²) in [5, 5.41) is 20.2. The van der Waals surface area contributed by atoms with Gasteiger partial charge in [0, 0.05) is 13.0 Å². The van der Waals surface area contributed by atoms with Crippen molar-refractivity contribution in [3.05, 3.63) is 96.1 Å². The molecule has 0 aliphatic rings. The van der Waals surface area contributed by atoms with Crippen molar-refractivity contribution in [1.29, 1.82) is 0 Å². The van der Waals surface area contributed by atoms with Crippen molar-refractivity contribution >= 4 is 23.8 Å². The van der Waals surface area contributed by atoms with E-state index in [0.717, 1.165) is 16.7 Å². The molecule has 0 fully saturated rings. The molecular weight excluding hydrogens is 508 g/mol. The van der Waals surface area contributed by atoms with Crippen LogP contribution >= 0.6 is 0 Å². The summed E-state index contributed by atoms with van der Waals surface area (Å²) >= 11 is 0. The molecule has 0 saturated heterocycles. The van der Waals surface area contributed by atoms with Gasteiger partial charge in [0.1, 0.15) is 0 Å². The molecule has 40 heavy (non-hydrogen) atoms. The number of benzene rings is 3. The van der Waals surface area contributed by atoms with Crippen molar-refractivity contribution in [1.82, 2.24) is 21.3 Å². The highest BCUT2D eigenvalue weighted by Crippen LogP contribution is 2.23. The zero-order valence-electron chi connectivity index (χ0n) is 22.6. The number of hydrogen-bond acceptors (Lipinski definition) is 4. The maximum absolute atomic E-state index is 12.5. The van der Waals surface area contributed by atoms with Crippen LogP contribution in [0.5, 0.6) is 0 Å². The van der Waals surface area contributed by atoms with E-state index in [1.807, 2.05) is 79.7 Å². The molecule has 0 bridgehead atoms. The average Bonchev–Trinajstić information content (AvgIpc) is 2.96. The molecule has 0 saturated carbocycles. The first-order chi connectivity index (χ1) is 19.3. The van der Waals surface area contributed by atoms with Crippen molar-refractivity contribution in [3.63, 3.8) is 0 Å². The molecule has 4 amide bonds. The van der Waals surface area contributed by atoms with E-state index in [1.165, 1.54) is 0 Å². The number of carboxylic acids is 1. The molecule has 2 atom stereocenters. The molecule has 9 nitrogen and oxygen atoms in total. The first kappa shape index (κ1) is 29.9. The van der Waals surface area contributed by atoms with Gasteiger partial charge in [0.25, 0.3) is 0 Å². The monoisotopic (exact) mass is 544 g/mol. The second kappa shape index (κ2) is 15.7. The summed E-state index contributed by atoms with van der Waals surface area (Å²) in [6.07, 6.45) is 1.06. The number of rotatable bonds is 14. The highest BCUT2D eigenvalue weighted by molar-refractivity contribution is 5.85. The number of aliphatic carboxylic acids is 1. The number of nitrogens with one attached hydrogen (secondary N) is 4. The number of unbranched alkanes of at least 4 members (excludes halogenated alkanes) is 1. The Labute approximate surface area is 234 Å². The Morgan fingerprint density at radius 2 is 1.32 bits per heavy atom. The van der Waals surface area contributed by atoms with E-state index in [0.29, 0.717) is 24.9 Å². The minimum absolute atomic E-state index is 0.123. The van der Waals surface area contributed by atoms with Gasteiger partial charge in [-0.05, 0) is 42.0 Å². The summed E-state index contributed by atoms with van der Waals surface area (Å²) in [6, 6.07) is 25.6.